The number of nitrogens with one attached hydrogen (secondary N) is 2. The van der Waals surface area contributed by atoms with Gasteiger partial charge in [-0.2, -0.15) is 0 Å². The molecule has 1 aliphatic heterocycles. The van der Waals surface area contributed by atoms with Gasteiger partial charge in [-0.1, -0.05) is 11.6 Å². The van der Waals surface area contributed by atoms with Crippen LogP contribution in [0, 0.1) is 0 Å². The van der Waals surface area contributed by atoms with E-state index >= 15 is 0 Å². The fourth-order valence-electron chi connectivity index (χ4n) is 3.08. The van der Waals surface area contributed by atoms with E-state index in [1.807, 2.05) is 36.1 Å². The molecule has 1 fully saturated rings. The first-order valence-corrected chi connectivity index (χ1v) is 10.9. The molecule has 31 heavy (non-hydrogen) atoms. The molecule has 0 spiro atoms. The molecule has 1 aliphatic rings. The lowest BCUT2D eigenvalue weighted by molar-refractivity contribution is -0.129. The number of aliphatic imine (C=N–C) groups is 1. The molecule has 1 aromatic carbocycles. The Morgan fingerprint density at radius 3 is 2.45 bits per heavy atom. The minimum absolute atomic E-state index is 0. The highest BCUT2D eigenvalue weighted by Crippen LogP contribution is 2.19. The third-order valence-corrected chi connectivity index (χ3v) is 4.98. The van der Waals surface area contributed by atoms with Crippen molar-refractivity contribution in [2.45, 2.75) is 13.3 Å². The largest absolute Gasteiger partial charge is 0.382 e. The van der Waals surface area contributed by atoms with Gasteiger partial charge in [-0.3, -0.25) is 4.79 Å². The van der Waals surface area contributed by atoms with Gasteiger partial charge in [0.25, 0.3) is 0 Å². The first-order chi connectivity index (χ1) is 14.6. The molecule has 1 saturated heterocycles. The fourth-order valence-corrected chi connectivity index (χ4v) is 3.21. The van der Waals surface area contributed by atoms with Crippen molar-refractivity contribution < 1.29 is 14.3 Å². The van der Waals surface area contributed by atoms with Gasteiger partial charge in [-0.05, 0) is 37.6 Å². The Morgan fingerprint density at radius 2 is 1.81 bits per heavy atom. The van der Waals surface area contributed by atoms with Gasteiger partial charge in [0.05, 0.1) is 13.2 Å². The number of anilines is 1. The highest BCUT2D eigenvalue weighted by Gasteiger charge is 2.21. The number of methoxy groups -OCH3 is 1. The summed E-state index contributed by atoms with van der Waals surface area (Å²) in [5.74, 6) is 0.702. The van der Waals surface area contributed by atoms with Crippen molar-refractivity contribution >= 4 is 53.1 Å². The van der Waals surface area contributed by atoms with Crippen molar-refractivity contribution in [3.63, 3.8) is 0 Å². The Bertz CT molecular complexity index is 655. The number of amides is 1. The number of ether oxygens (including phenoxy) is 2. The van der Waals surface area contributed by atoms with E-state index in [1.165, 1.54) is 0 Å². The van der Waals surface area contributed by atoms with E-state index in [0.717, 1.165) is 43.3 Å². The lowest BCUT2D eigenvalue weighted by Gasteiger charge is -2.36. The fraction of sp³-hybridized carbons (Fsp3) is 0.619. The van der Waals surface area contributed by atoms with E-state index < -0.39 is 0 Å². The van der Waals surface area contributed by atoms with Gasteiger partial charge in [-0.25, -0.2) is 4.99 Å². The van der Waals surface area contributed by atoms with Gasteiger partial charge in [0, 0.05) is 63.7 Å². The van der Waals surface area contributed by atoms with Gasteiger partial charge >= 0.3 is 0 Å². The lowest BCUT2D eigenvalue weighted by atomic mass is 10.2. The molecule has 10 heteroatoms. The van der Waals surface area contributed by atoms with Crippen LogP contribution in [-0.4, -0.2) is 89.5 Å². The average molecular weight is 568 g/mol. The SMILES string of the molecule is CCNC(=NCC(=O)N1CCN(c2ccc(Cl)cc2)CC1)NCCCOCCOC.I. The van der Waals surface area contributed by atoms with Crippen molar-refractivity contribution in [1.82, 2.24) is 15.5 Å². The Hall–Kier alpha value is -1.30. The van der Waals surface area contributed by atoms with Crippen LogP contribution < -0.4 is 15.5 Å². The molecule has 0 bridgehead atoms. The quantitative estimate of drug-likeness (QED) is 0.185. The van der Waals surface area contributed by atoms with Crippen LogP contribution in [0.2, 0.25) is 5.02 Å². The summed E-state index contributed by atoms with van der Waals surface area (Å²) in [5, 5.41) is 7.15. The Labute approximate surface area is 207 Å². The molecule has 0 atom stereocenters. The van der Waals surface area contributed by atoms with Crippen LogP contribution in [0.1, 0.15) is 13.3 Å². The highest BCUT2D eigenvalue weighted by molar-refractivity contribution is 14.0. The number of halogens is 2. The van der Waals surface area contributed by atoms with E-state index in [0.29, 0.717) is 38.9 Å². The van der Waals surface area contributed by atoms with Crippen molar-refractivity contribution in [3.05, 3.63) is 29.3 Å². The zero-order valence-corrected chi connectivity index (χ0v) is 21.5. The van der Waals surface area contributed by atoms with Crippen LogP contribution in [0.3, 0.4) is 0 Å². The second-order valence-electron chi connectivity index (χ2n) is 6.92. The Morgan fingerprint density at radius 1 is 1.10 bits per heavy atom. The number of nitrogens with zero attached hydrogens (tertiary/aromatic N) is 3. The standard InChI is InChI=1S/C21H34ClN5O3.HI/c1-3-23-21(24-9-4-14-30-16-15-29-2)25-17-20(28)27-12-10-26(11-13-27)19-7-5-18(22)6-8-19;/h5-8H,3-4,9-17H2,1-2H3,(H2,23,24,25);1H. The van der Waals surface area contributed by atoms with Crippen molar-refractivity contribution in [1.29, 1.82) is 0 Å². The topological polar surface area (TPSA) is 78.4 Å². The monoisotopic (exact) mass is 567 g/mol. The molecule has 0 aliphatic carbocycles. The molecule has 8 nitrogen and oxygen atoms in total. The molecule has 1 heterocycles. The van der Waals surface area contributed by atoms with Gasteiger partial charge in [0.15, 0.2) is 5.96 Å². The molecule has 1 aromatic rings. The summed E-state index contributed by atoms with van der Waals surface area (Å²) in [6, 6.07) is 7.82. The van der Waals surface area contributed by atoms with Crippen LogP contribution in [0.4, 0.5) is 5.69 Å². The molecule has 0 radical (unpaired) electrons. The van der Waals surface area contributed by atoms with E-state index in [1.54, 1.807) is 7.11 Å². The summed E-state index contributed by atoms with van der Waals surface area (Å²) in [5.41, 5.74) is 1.13. The molecule has 176 valence electrons. The summed E-state index contributed by atoms with van der Waals surface area (Å²) in [7, 11) is 1.66. The molecule has 2 rings (SSSR count). The van der Waals surface area contributed by atoms with E-state index in [-0.39, 0.29) is 36.4 Å². The maximum atomic E-state index is 12.6. The van der Waals surface area contributed by atoms with E-state index in [4.69, 9.17) is 21.1 Å². The minimum Gasteiger partial charge on any atom is -0.382 e. The number of carbonyl (C=O) groups excluding carboxylic acids is 1. The summed E-state index contributed by atoms with van der Waals surface area (Å²) in [6.45, 7) is 8.47. The molecule has 1 amide bonds. The molecular weight excluding hydrogens is 533 g/mol. The van der Waals surface area contributed by atoms with Gasteiger partial charge in [-0.15, -0.1) is 24.0 Å². The minimum atomic E-state index is 0. The predicted molar refractivity (Wildman–Crippen MR) is 137 cm³/mol. The molecule has 0 unspecified atom stereocenters. The molecule has 0 saturated carbocycles. The van der Waals surface area contributed by atoms with Crippen LogP contribution in [0.15, 0.2) is 29.3 Å². The second-order valence-corrected chi connectivity index (χ2v) is 7.36. The summed E-state index contributed by atoms with van der Waals surface area (Å²) >= 11 is 5.96. The summed E-state index contributed by atoms with van der Waals surface area (Å²) in [6.07, 6.45) is 0.856. The third-order valence-electron chi connectivity index (χ3n) is 4.73. The number of piperazine rings is 1. The van der Waals surface area contributed by atoms with Crippen LogP contribution in [0.25, 0.3) is 0 Å². The maximum Gasteiger partial charge on any atom is 0.244 e. The zero-order valence-electron chi connectivity index (χ0n) is 18.4. The van der Waals surface area contributed by atoms with Crippen LogP contribution in [-0.2, 0) is 14.3 Å². The van der Waals surface area contributed by atoms with E-state index in [9.17, 15) is 4.79 Å². The predicted octanol–water partition coefficient (Wildman–Crippen LogP) is 2.21. The lowest BCUT2D eigenvalue weighted by Crippen LogP contribution is -2.49. The molecule has 2 N–H and O–H groups in total. The summed E-state index contributed by atoms with van der Waals surface area (Å²) in [4.78, 5) is 21.1. The number of rotatable bonds is 11. The first-order valence-electron chi connectivity index (χ1n) is 10.5. The molecule has 0 aromatic heterocycles. The molecular formula is C21H35ClIN5O3. The zero-order chi connectivity index (χ0) is 21.6. The highest BCUT2D eigenvalue weighted by atomic mass is 127. The van der Waals surface area contributed by atoms with Crippen molar-refractivity contribution in [2.75, 3.05) is 77.6 Å². The van der Waals surface area contributed by atoms with Gasteiger partial charge < -0.3 is 29.9 Å². The third kappa shape index (κ3) is 10.7. The first kappa shape index (κ1) is 27.7. The smallest absolute Gasteiger partial charge is 0.244 e. The Balaban J connectivity index is 0.00000480. The number of guanidine groups is 1. The number of benzene rings is 1. The normalized spacial score (nSPS) is 14.2. The second kappa shape index (κ2) is 16.3. The number of hydrogen-bond acceptors (Lipinski definition) is 5. The maximum absolute atomic E-state index is 12.6. The van der Waals surface area contributed by atoms with Crippen molar-refractivity contribution in [3.8, 4) is 0 Å². The summed E-state index contributed by atoms with van der Waals surface area (Å²) < 4.78 is 10.4. The van der Waals surface area contributed by atoms with Crippen LogP contribution in [0.5, 0.6) is 0 Å². The van der Waals surface area contributed by atoms with E-state index in [2.05, 4.69) is 20.5 Å². The van der Waals surface area contributed by atoms with Gasteiger partial charge in [0.1, 0.15) is 6.54 Å². The Kier molecular flexibility index (Phi) is 14.6. The van der Waals surface area contributed by atoms with Crippen LogP contribution >= 0.6 is 35.6 Å². The van der Waals surface area contributed by atoms with Gasteiger partial charge in [0.2, 0.25) is 5.91 Å². The van der Waals surface area contributed by atoms with Crippen molar-refractivity contribution in [2.24, 2.45) is 4.99 Å². The average Bonchev–Trinajstić information content (AvgIpc) is 2.77. The number of carbonyl (C=O) groups is 1. The number of hydrogen-bond donors (Lipinski definition) is 2.